The fourth-order valence-corrected chi connectivity index (χ4v) is 4.89. The molecule has 1 fully saturated rings. The van der Waals surface area contributed by atoms with Crippen LogP contribution >= 0.6 is 35.3 Å². The molecule has 2 heterocycles. The number of hydrogen-bond acceptors (Lipinski definition) is 9. The fourth-order valence-electron chi connectivity index (χ4n) is 2.99. The summed E-state index contributed by atoms with van der Waals surface area (Å²) >= 11 is 7.69. The van der Waals surface area contributed by atoms with E-state index in [-0.39, 0.29) is 15.8 Å². The van der Waals surface area contributed by atoms with Gasteiger partial charge in [-0.2, -0.15) is 0 Å². The molecule has 0 spiro atoms. The third kappa shape index (κ3) is 4.80. The van der Waals surface area contributed by atoms with Gasteiger partial charge in [-0.1, -0.05) is 42.2 Å². The summed E-state index contributed by atoms with van der Waals surface area (Å²) in [5.41, 5.74) is 0.814. The number of rotatable bonds is 6. The van der Waals surface area contributed by atoms with Gasteiger partial charge >= 0.3 is 5.97 Å². The second-order valence-corrected chi connectivity index (χ2v) is 9.19. The van der Waals surface area contributed by atoms with Crippen molar-refractivity contribution in [3.8, 4) is 11.5 Å². The number of non-ortho nitro benzene ring substituents is 1. The molecule has 1 saturated heterocycles. The number of thiocarbonyl (C=S) groups is 1. The topological polar surface area (TPSA) is 99.0 Å². The number of nitro groups is 1. The van der Waals surface area contributed by atoms with Crippen LogP contribution in [0.2, 0.25) is 0 Å². The smallest absolute Gasteiger partial charge is 0.353 e. The molecule has 4 rings (SSSR count). The molecule has 11 heteroatoms. The van der Waals surface area contributed by atoms with Crippen LogP contribution in [0.5, 0.6) is 11.5 Å². The van der Waals surface area contributed by atoms with Crippen molar-refractivity contribution in [1.29, 1.82) is 0 Å². The molecule has 1 amide bonds. The minimum absolute atomic E-state index is 0.136. The number of hydrogen-bond donors (Lipinski definition) is 0. The highest BCUT2D eigenvalue weighted by atomic mass is 32.2. The lowest BCUT2D eigenvalue weighted by Gasteiger charge is -2.14. The van der Waals surface area contributed by atoms with Gasteiger partial charge < -0.3 is 9.47 Å². The highest BCUT2D eigenvalue weighted by molar-refractivity contribution is 8.27. The summed E-state index contributed by atoms with van der Waals surface area (Å²) in [5, 5.41) is 12.8. The number of carbonyl (C=O) groups is 2. The molecule has 33 heavy (non-hydrogen) atoms. The summed E-state index contributed by atoms with van der Waals surface area (Å²) in [6.07, 6.45) is 1.63. The molecular formula is C22H14N2O6S3. The maximum absolute atomic E-state index is 13.0. The monoisotopic (exact) mass is 498 g/mol. The minimum Gasteiger partial charge on any atom is -0.493 e. The number of anilines is 1. The largest absolute Gasteiger partial charge is 0.493 e. The standard InChI is InChI=1S/C22H14N2O6S3/c1-29-17-10-13(7-8-16(17)30-21(26)18-6-3-9-32-18)11-19-20(25)23(22(31)33-19)14-4-2-5-15(12-14)24(27)28/h2-12H,1H3/b19-11+. The first-order chi connectivity index (χ1) is 15.9. The molecule has 0 saturated carbocycles. The van der Waals surface area contributed by atoms with Crippen LogP contribution in [-0.2, 0) is 4.79 Å². The third-order valence-corrected chi connectivity index (χ3v) is 6.65. The van der Waals surface area contributed by atoms with E-state index in [1.54, 1.807) is 47.9 Å². The van der Waals surface area contributed by atoms with E-state index in [1.165, 1.54) is 41.5 Å². The molecule has 0 atom stereocenters. The number of ether oxygens (including phenoxy) is 2. The number of thiophene rings is 1. The van der Waals surface area contributed by atoms with E-state index >= 15 is 0 Å². The zero-order valence-corrected chi connectivity index (χ0v) is 19.4. The van der Waals surface area contributed by atoms with Crippen molar-refractivity contribution >= 4 is 69.0 Å². The SMILES string of the molecule is COc1cc(/C=C2/SC(=S)N(c3cccc([N+](=O)[O-])c3)C2=O)ccc1OC(=O)c1cccs1. The molecule has 1 aliphatic rings. The molecule has 1 aromatic heterocycles. The summed E-state index contributed by atoms with van der Waals surface area (Å²) < 4.78 is 11.0. The normalized spacial score (nSPS) is 14.6. The lowest BCUT2D eigenvalue weighted by molar-refractivity contribution is -0.384. The first kappa shape index (κ1) is 22.6. The average Bonchev–Trinajstić information content (AvgIpc) is 3.43. The molecule has 0 N–H and O–H groups in total. The van der Waals surface area contributed by atoms with Crippen LogP contribution < -0.4 is 14.4 Å². The Hall–Kier alpha value is -3.54. The van der Waals surface area contributed by atoms with Gasteiger partial charge in [0, 0.05) is 12.1 Å². The van der Waals surface area contributed by atoms with Crippen molar-refractivity contribution in [2.75, 3.05) is 12.0 Å². The summed E-state index contributed by atoms with van der Waals surface area (Å²) in [6.45, 7) is 0. The Morgan fingerprint density at radius 2 is 1.97 bits per heavy atom. The Morgan fingerprint density at radius 3 is 2.67 bits per heavy atom. The molecule has 0 radical (unpaired) electrons. The average molecular weight is 499 g/mol. The van der Waals surface area contributed by atoms with Crippen LogP contribution in [0.1, 0.15) is 15.2 Å². The molecule has 3 aromatic rings. The molecule has 0 bridgehead atoms. The van der Waals surface area contributed by atoms with Crippen LogP contribution in [0.15, 0.2) is 64.9 Å². The Morgan fingerprint density at radius 1 is 1.15 bits per heavy atom. The number of nitro benzene ring substituents is 1. The third-order valence-electron chi connectivity index (χ3n) is 4.50. The summed E-state index contributed by atoms with van der Waals surface area (Å²) in [7, 11) is 1.45. The number of benzene rings is 2. The molecule has 0 aliphatic carbocycles. The molecule has 8 nitrogen and oxygen atoms in total. The molecule has 2 aromatic carbocycles. The van der Waals surface area contributed by atoms with E-state index in [9.17, 15) is 19.7 Å². The van der Waals surface area contributed by atoms with Gasteiger partial charge in [0.2, 0.25) is 0 Å². The lowest BCUT2D eigenvalue weighted by atomic mass is 10.1. The number of methoxy groups -OCH3 is 1. The lowest BCUT2D eigenvalue weighted by Crippen LogP contribution is -2.27. The van der Waals surface area contributed by atoms with Gasteiger partial charge in [-0.05, 0) is 41.3 Å². The van der Waals surface area contributed by atoms with Gasteiger partial charge in [0.05, 0.1) is 22.6 Å². The highest BCUT2D eigenvalue weighted by Crippen LogP contribution is 2.38. The molecular weight excluding hydrogens is 484 g/mol. The Kier molecular flexibility index (Phi) is 6.54. The predicted molar refractivity (Wildman–Crippen MR) is 131 cm³/mol. The fraction of sp³-hybridized carbons (Fsp3) is 0.0455. The van der Waals surface area contributed by atoms with E-state index in [4.69, 9.17) is 21.7 Å². The Balaban J connectivity index is 1.58. The van der Waals surface area contributed by atoms with Crippen LogP contribution in [-0.4, -0.2) is 28.2 Å². The Labute approximate surface area is 201 Å². The van der Waals surface area contributed by atoms with E-state index in [0.29, 0.717) is 26.8 Å². The maximum atomic E-state index is 13.0. The maximum Gasteiger partial charge on any atom is 0.353 e. The quantitative estimate of drug-likeness (QED) is 0.113. The minimum atomic E-state index is -0.532. The van der Waals surface area contributed by atoms with E-state index in [1.807, 2.05) is 0 Å². The molecule has 0 unspecified atom stereocenters. The number of carbonyl (C=O) groups excluding carboxylic acids is 2. The zero-order chi connectivity index (χ0) is 23.5. The first-order valence-electron chi connectivity index (χ1n) is 9.33. The zero-order valence-electron chi connectivity index (χ0n) is 16.9. The predicted octanol–water partition coefficient (Wildman–Crippen LogP) is 5.29. The highest BCUT2D eigenvalue weighted by Gasteiger charge is 2.34. The van der Waals surface area contributed by atoms with E-state index in [2.05, 4.69) is 0 Å². The van der Waals surface area contributed by atoms with Crippen molar-refractivity contribution in [2.45, 2.75) is 0 Å². The van der Waals surface area contributed by atoms with E-state index < -0.39 is 16.8 Å². The van der Waals surface area contributed by atoms with Crippen molar-refractivity contribution < 1.29 is 24.0 Å². The molecule has 1 aliphatic heterocycles. The second-order valence-electron chi connectivity index (χ2n) is 6.57. The van der Waals surface area contributed by atoms with Crippen molar-refractivity contribution in [3.05, 3.63) is 85.4 Å². The van der Waals surface area contributed by atoms with Crippen LogP contribution in [0.3, 0.4) is 0 Å². The van der Waals surface area contributed by atoms with Crippen molar-refractivity contribution in [2.24, 2.45) is 0 Å². The van der Waals surface area contributed by atoms with Gasteiger partial charge in [0.25, 0.3) is 11.6 Å². The van der Waals surface area contributed by atoms with Gasteiger partial charge in [-0.15, -0.1) is 11.3 Å². The van der Waals surface area contributed by atoms with Gasteiger partial charge in [-0.3, -0.25) is 19.8 Å². The number of thioether (sulfide) groups is 1. The Bertz CT molecular complexity index is 1300. The number of nitrogens with zero attached hydrogens (tertiary/aromatic N) is 2. The second kappa shape index (κ2) is 9.53. The van der Waals surface area contributed by atoms with Gasteiger partial charge in [0.15, 0.2) is 15.8 Å². The summed E-state index contributed by atoms with van der Waals surface area (Å²) in [6, 6.07) is 14.0. The van der Waals surface area contributed by atoms with Crippen LogP contribution in [0.4, 0.5) is 11.4 Å². The van der Waals surface area contributed by atoms with Crippen molar-refractivity contribution in [1.82, 2.24) is 0 Å². The number of amides is 1. The van der Waals surface area contributed by atoms with Crippen molar-refractivity contribution in [3.63, 3.8) is 0 Å². The first-order valence-corrected chi connectivity index (χ1v) is 11.4. The number of esters is 1. The molecule has 166 valence electrons. The van der Waals surface area contributed by atoms with Crippen LogP contribution in [0, 0.1) is 10.1 Å². The summed E-state index contributed by atoms with van der Waals surface area (Å²) in [5.74, 6) is -0.313. The van der Waals surface area contributed by atoms with E-state index in [0.717, 1.165) is 11.8 Å². The van der Waals surface area contributed by atoms with Gasteiger partial charge in [-0.25, -0.2) is 4.79 Å². The van der Waals surface area contributed by atoms with Crippen LogP contribution in [0.25, 0.3) is 6.08 Å². The van der Waals surface area contributed by atoms with Gasteiger partial charge in [0.1, 0.15) is 4.88 Å². The summed E-state index contributed by atoms with van der Waals surface area (Å²) in [4.78, 5) is 37.8.